The Morgan fingerprint density at radius 1 is 0.922 bits per heavy atom. The van der Waals surface area contributed by atoms with Gasteiger partial charge in [-0.05, 0) is 85.3 Å². The molecule has 0 aliphatic carbocycles. The molecule has 0 saturated carbocycles. The number of benzene rings is 4. The molecule has 1 aliphatic rings. The highest BCUT2D eigenvalue weighted by atomic mass is 32.2. The van der Waals surface area contributed by atoms with Crippen LogP contribution < -0.4 is 19.7 Å². The van der Waals surface area contributed by atoms with E-state index in [2.05, 4.69) is 15.8 Å². The van der Waals surface area contributed by atoms with Gasteiger partial charge in [0.1, 0.15) is 24.0 Å². The van der Waals surface area contributed by atoms with Gasteiger partial charge in [-0.25, -0.2) is 17.2 Å². The maximum Gasteiger partial charge on any atom is 0.251 e. The Hall–Kier alpha value is -4.85. The molecule has 0 bridgehead atoms. The fourth-order valence-electron chi connectivity index (χ4n) is 5.81. The number of hydrogen-bond acceptors (Lipinski definition) is 8. The predicted octanol–water partition coefficient (Wildman–Crippen LogP) is 5.34. The molecular weight excluding hydrogens is 679 g/mol. The van der Waals surface area contributed by atoms with Crippen molar-refractivity contribution in [3.8, 4) is 5.75 Å². The minimum atomic E-state index is -3.63. The Kier molecular flexibility index (Phi) is 12.8. The number of halogens is 2. The van der Waals surface area contributed by atoms with Gasteiger partial charge < -0.3 is 25.3 Å². The van der Waals surface area contributed by atoms with Gasteiger partial charge in [0, 0.05) is 36.8 Å². The fraction of sp³-hybridized carbons (Fsp3) is 0.316. The van der Waals surface area contributed by atoms with Crippen LogP contribution in [0.3, 0.4) is 0 Å². The first-order valence-corrected chi connectivity index (χ1v) is 18.3. The van der Waals surface area contributed by atoms with Crippen LogP contribution in [0.5, 0.6) is 5.75 Å². The summed E-state index contributed by atoms with van der Waals surface area (Å²) in [7, 11) is -2.07. The molecule has 0 aromatic heterocycles. The second-order valence-electron chi connectivity index (χ2n) is 12.4. The number of sulfonamides is 1. The van der Waals surface area contributed by atoms with Gasteiger partial charge in [0.25, 0.3) is 5.91 Å². The monoisotopic (exact) mass is 720 g/mol. The Bertz CT molecular complexity index is 1920. The first-order chi connectivity index (χ1) is 24.5. The molecule has 0 spiro atoms. The molecule has 51 heavy (non-hydrogen) atoms. The third-order valence-corrected chi connectivity index (χ3v) is 10.4. The summed E-state index contributed by atoms with van der Waals surface area (Å²) in [5, 5.41) is 21.6. The second-order valence-corrected chi connectivity index (χ2v) is 14.4. The number of anilines is 1. The number of aliphatic hydroxyl groups excluding tert-OH is 1. The summed E-state index contributed by atoms with van der Waals surface area (Å²) in [5.74, 6) is -1.54. The molecule has 1 aliphatic heterocycles. The standard InChI is InChI=1S/C38H42F2N4O6S/c1-26(43-50-25-27-9-4-3-5-10-27)30-19-31(21-34(20-30)44-13-6-7-14-51(44,47)48)38(46)42-36(18-29-15-32(39)22-33(40)16-29)37(45)24-41-23-28-11-8-12-35(17-28)49-2/h3-5,8-12,15-17,19-22,36-37,41,45H,6-7,13-14,18,23-25H2,1-2H3,(H,42,46)/t36-,37+/m0/s1. The first kappa shape index (κ1) is 37.4. The Morgan fingerprint density at radius 2 is 1.65 bits per heavy atom. The number of carbonyl (C=O) groups is 1. The van der Waals surface area contributed by atoms with Crippen molar-refractivity contribution in [3.05, 3.63) is 130 Å². The summed E-state index contributed by atoms with van der Waals surface area (Å²) in [4.78, 5) is 19.5. The van der Waals surface area contributed by atoms with Crippen molar-refractivity contribution in [2.24, 2.45) is 5.16 Å². The average Bonchev–Trinajstić information content (AvgIpc) is 3.11. The molecule has 1 fully saturated rings. The second kappa shape index (κ2) is 17.4. The number of methoxy groups -OCH3 is 1. The third-order valence-electron chi connectivity index (χ3n) is 8.49. The largest absolute Gasteiger partial charge is 0.497 e. The maximum absolute atomic E-state index is 14.2. The lowest BCUT2D eigenvalue weighted by Gasteiger charge is -2.29. The molecule has 270 valence electrons. The van der Waals surface area contributed by atoms with E-state index >= 15 is 0 Å². The molecule has 4 aromatic carbocycles. The van der Waals surface area contributed by atoms with Gasteiger partial charge in [0.05, 0.1) is 36.4 Å². The quantitative estimate of drug-likeness (QED) is 0.112. The Morgan fingerprint density at radius 3 is 2.37 bits per heavy atom. The van der Waals surface area contributed by atoms with E-state index in [1.807, 2.05) is 54.6 Å². The molecule has 3 N–H and O–H groups in total. The number of rotatable bonds is 15. The molecule has 0 unspecified atom stereocenters. The number of oxime groups is 1. The van der Waals surface area contributed by atoms with Gasteiger partial charge >= 0.3 is 0 Å². The molecule has 5 rings (SSSR count). The summed E-state index contributed by atoms with van der Waals surface area (Å²) >= 11 is 0. The van der Waals surface area contributed by atoms with Crippen LogP contribution in [0.15, 0.2) is 96.2 Å². The summed E-state index contributed by atoms with van der Waals surface area (Å²) in [6, 6.07) is 23.6. The van der Waals surface area contributed by atoms with Crippen molar-refractivity contribution >= 4 is 27.3 Å². The van der Waals surface area contributed by atoms with Crippen LogP contribution in [0.1, 0.15) is 52.4 Å². The van der Waals surface area contributed by atoms with E-state index in [1.54, 1.807) is 26.2 Å². The minimum absolute atomic E-state index is 0.0206. The van der Waals surface area contributed by atoms with Gasteiger partial charge in [0.15, 0.2) is 0 Å². The predicted molar refractivity (Wildman–Crippen MR) is 192 cm³/mol. The van der Waals surface area contributed by atoms with Gasteiger partial charge in [-0.1, -0.05) is 47.6 Å². The van der Waals surface area contributed by atoms with E-state index in [9.17, 15) is 27.1 Å². The third kappa shape index (κ3) is 10.6. The number of carbonyl (C=O) groups excluding carboxylic acids is 1. The number of amides is 1. The first-order valence-electron chi connectivity index (χ1n) is 16.6. The fourth-order valence-corrected chi connectivity index (χ4v) is 7.43. The van der Waals surface area contributed by atoms with E-state index < -0.39 is 39.7 Å². The topological polar surface area (TPSA) is 130 Å². The van der Waals surface area contributed by atoms with E-state index in [0.717, 1.165) is 29.3 Å². The Labute approximate surface area is 297 Å². The zero-order valence-electron chi connectivity index (χ0n) is 28.5. The average molecular weight is 721 g/mol. The lowest BCUT2D eigenvalue weighted by atomic mass is 9.99. The van der Waals surface area contributed by atoms with Crippen molar-refractivity contribution in [2.75, 3.05) is 30.3 Å². The van der Waals surface area contributed by atoms with Crippen molar-refractivity contribution < 1.29 is 36.7 Å². The highest BCUT2D eigenvalue weighted by molar-refractivity contribution is 7.92. The van der Waals surface area contributed by atoms with E-state index in [-0.39, 0.29) is 43.0 Å². The van der Waals surface area contributed by atoms with E-state index in [1.165, 1.54) is 10.4 Å². The van der Waals surface area contributed by atoms with E-state index in [0.29, 0.717) is 42.1 Å². The molecule has 1 amide bonds. The number of nitrogens with one attached hydrogen (secondary N) is 2. The van der Waals surface area contributed by atoms with Gasteiger partial charge in [-0.15, -0.1) is 0 Å². The molecule has 1 heterocycles. The molecule has 0 radical (unpaired) electrons. The van der Waals surface area contributed by atoms with Crippen LogP contribution in [0, 0.1) is 11.6 Å². The van der Waals surface area contributed by atoms with Gasteiger partial charge in [0.2, 0.25) is 10.0 Å². The Balaban J connectivity index is 1.41. The number of aliphatic hydroxyl groups is 1. The summed E-state index contributed by atoms with van der Waals surface area (Å²) < 4.78 is 61.1. The molecule has 2 atom stereocenters. The van der Waals surface area contributed by atoms with Crippen molar-refractivity contribution in [3.63, 3.8) is 0 Å². The zero-order valence-corrected chi connectivity index (χ0v) is 29.3. The molecular formula is C38H42F2N4O6S. The summed E-state index contributed by atoms with van der Waals surface area (Å²) in [5.41, 5.74) is 3.30. The number of nitrogens with zero attached hydrogens (tertiary/aromatic N) is 2. The highest BCUT2D eigenvalue weighted by Crippen LogP contribution is 2.27. The van der Waals surface area contributed by atoms with Crippen molar-refractivity contribution in [1.82, 2.24) is 10.6 Å². The zero-order chi connectivity index (χ0) is 36.4. The van der Waals surface area contributed by atoms with Crippen LogP contribution >= 0.6 is 0 Å². The highest BCUT2D eigenvalue weighted by Gasteiger charge is 2.28. The normalized spacial score (nSPS) is 15.5. The van der Waals surface area contributed by atoms with Gasteiger partial charge in [-0.3, -0.25) is 9.10 Å². The minimum Gasteiger partial charge on any atom is -0.497 e. The number of hydrogen-bond donors (Lipinski definition) is 3. The SMILES string of the molecule is COc1cccc(CNC[C@@H](O)[C@H](Cc2cc(F)cc(F)c2)NC(=O)c2cc(C(C)=NOCc3ccccc3)cc(N3CCCCS3(=O)=O)c2)c1. The van der Waals surface area contributed by atoms with Crippen LogP contribution in [0.2, 0.25) is 0 Å². The maximum atomic E-state index is 14.2. The van der Waals surface area contributed by atoms with Crippen LogP contribution in [-0.4, -0.2) is 63.2 Å². The van der Waals surface area contributed by atoms with Crippen LogP contribution in [-0.2, 0) is 34.4 Å². The number of ether oxygens (including phenoxy) is 1. The molecule has 10 nitrogen and oxygen atoms in total. The molecule has 13 heteroatoms. The summed E-state index contributed by atoms with van der Waals surface area (Å²) in [6.07, 6.45) is -0.0974. The van der Waals surface area contributed by atoms with Crippen LogP contribution in [0.4, 0.5) is 14.5 Å². The molecule has 4 aromatic rings. The van der Waals surface area contributed by atoms with Gasteiger partial charge in [-0.2, -0.15) is 0 Å². The lowest BCUT2D eigenvalue weighted by Crippen LogP contribution is -2.48. The summed E-state index contributed by atoms with van der Waals surface area (Å²) in [6.45, 7) is 2.55. The molecule has 1 saturated heterocycles. The van der Waals surface area contributed by atoms with E-state index in [4.69, 9.17) is 9.57 Å². The van der Waals surface area contributed by atoms with Crippen LogP contribution in [0.25, 0.3) is 0 Å². The van der Waals surface area contributed by atoms with Crippen molar-refractivity contribution in [2.45, 2.75) is 51.5 Å². The smallest absolute Gasteiger partial charge is 0.251 e. The van der Waals surface area contributed by atoms with Crippen molar-refractivity contribution in [1.29, 1.82) is 0 Å². The lowest BCUT2D eigenvalue weighted by molar-refractivity contribution is 0.0829.